The summed E-state index contributed by atoms with van der Waals surface area (Å²) in [5, 5.41) is 0. The van der Waals surface area contributed by atoms with Gasteiger partial charge in [0.15, 0.2) is 0 Å². The average Bonchev–Trinajstić information content (AvgIpc) is 2.33. The van der Waals surface area contributed by atoms with Crippen LogP contribution in [0.1, 0.15) is 39.0 Å². The molecule has 0 aromatic rings. The van der Waals surface area contributed by atoms with Crippen molar-refractivity contribution in [2.45, 2.75) is 57.2 Å². The Hall–Kier alpha value is -0.0800. The molecule has 0 aromatic carbocycles. The zero-order valence-electron chi connectivity index (χ0n) is 9.28. The predicted molar refractivity (Wildman–Crippen MR) is 58.4 cm³/mol. The van der Waals surface area contributed by atoms with Crippen LogP contribution in [0, 0.1) is 0 Å². The SMILES string of the molecule is CCN1C2CCC1CN(C1CCC1)C2. The second-order valence-corrected chi connectivity index (χ2v) is 5.25. The summed E-state index contributed by atoms with van der Waals surface area (Å²) in [5.74, 6) is 0. The maximum atomic E-state index is 2.79. The van der Waals surface area contributed by atoms with Gasteiger partial charge in [-0.2, -0.15) is 0 Å². The normalized spacial score (nSPS) is 40.1. The van der Waals surface area contributed by atoms with Crippen molar-refractivity contribution in [3.8, 4) is 0 Å². The summed E-state index contributed by atoms with van der Waals surface area (Å²) in [6.45, 7) is 6.34. The fourth-order valence-corrected chi connectivity index (χ4v) is 3.59. The zero-order valence-corrected chi connectivity index (χ0v) is 9.28. The maximum absolute atomic E-state index is 2.79. The Kier molecular flexibility index (Phi) is 2.29. The third-order valence-electron chi connectivity index (χ3n) is 4.62. The molecule has 80 valence electrons. The number of rotatable bonds is 2. The number of hydrogen-bond acceptors (Lipinski definition) is 2. The minimum Gasteiger partial charge on any atom is -0.297 e. The third kappa shape index (κ3) is 1.31. The molecule has 2 atom stereocenters. The fraction of sp³-hybridized carbons (Fsp3) is 1.00. The van der Waals surface area contributed by atoms with Gasteiger partial charge in [0.1, 0.15) is 0 Å². The van der Waals surface area contributed by atoms with Crippen LogP contribution in [0.3, 0.4) is 0 Å². The Morgan fingerprint density at radius 2 is 1.57 bits per heavy atom. The van der Waals surface area contributed by atoms with Crippen molar-refractivity contribution in [1.82, 2.24) is 9.80 Å². The number of hydrogen-bond donors (Lipinski definition) is 0. The van der Waals surface area contributed by atoms with Gasteiger partial charge in [-0.3, -0.25) is 9.80 Å². The van der Waals surface area contributed by atoms with Crippen molar-refractivity contribution in [2.24, 2.45) is 0 Å². The molecule has 2 nitrogen and oxygen atoms in total. The van der Waals surface area contributed by atoms with Crippen molar-refractivity contribution >= 4 is 0 Å². The van der Waals surface area contributed by atoms with Gasteiger partial charge in [0.2, 0.25) is 0 Å². The molecule has 3 rings (SSSR count). The lowest BCUT2D eigenvalue weighted by molar-refractivity contribution is 0.0204. The molecule has 3 aliphatic rings. The first kappa shape index (κ1) is 9.17. The van der Waals surface area contributed by atoms with Crippen LogP contribution in [0.2, 0.25) is 0 Å². The van der Waals surface area contributed by atoms with E-state index in [2.05, 4.69) is 16.7 Å². The van der Waals surface area contributed by atoms with E-state index in [1.54, 1.807) is 0 Å². The second kappa shape index (κ2) is 3.49. The summed E-state index contributed by atoms with van der Waals surface area (Å²) >= 11 is 0. The minimum atomic E-state index is 0.902. The number of likely N-dealkylation sites (tertiary alicyclic amines) is 1. The lowest BCUT2D eigenvalue weighted by Crippen LogP contribution is -2.57. The highest BCUT2D eigenvalue weighted by Crippen LogP contribution is 2.34. The molecule has 3 fully saturated rings. The molecule has 1 aliphatic carbocycles. The lowest BCUT2D eigenvalue weighted by atomic mass is 9.90. The van der Waals surface area contributed by atoms with Crippen molar-refractivity contribution in [1.29, 1.82) is 0 Å². The first-order valence-electron chi connectivity index (χ1n) is 6.38. The van der Waals surface area contributed by atoms with E-state index < -0.39 is 0 Å². The van der Waals surface area contributed by atoms with Crippen molar-refractivity contribution in [3.05, 3.63) is 0 Å². The molecule has 2 heterocycles. The standard InChI is InChI=1S/C12H22N2/c1-2-14-11-6-7-12(14)9-13(8-11)10-4-3-5-10/h10-12H,2-9H2,1H3. The van der Waals surface area contributed by atoms with E-state index in [-0.39, 0.29) is 0 Å². The Bertz CT molecular complexity index is 198. The number of fused-ring (bicyclic) bond motifs is 2. The molecule has 0 radical (unpaired) electrons. The number of piperazine rings is 1. The van der Waals surface area contributed by atoms with E-state index in [0.717, 1.165) is 18.1 Å². The highest BCUT2D eigenvalue weighted by Gasteiger charge is 2.41. The van der Waals surface area contributed by atoms with Crippen LogP contribution in [-0.2, 0) is 0 Å². The summed E-state index contributed by atoms with van der Waals surface area (Å²) < 4.78 is 0. The van der Waals surface area contributed by atoms with Gasteiger partial charge in [0.05, 0.1) is 0 Å². The van der Waals surface area contributed by atoms with E-state index in [1.807, 2.05) is 0 Å². The molecule has 14 heavy (non-hydrogen) atoms. The first-order chi connectivity index (χ1) is 6.88. The van der Waals surface area contributed by atoms with Crippen LogP contribution in [0.15, 0.2) is 0 Å². The average molecular weight is 194 g/mol. The number of likely N-dealkylation sites (N-methyl/N-ethyl adjacent to an activating group) is 1. The maximum Gasteiger partial charge on any atom is 0.0227 e. The topological polar surface area (TPSA) is 6.48 Å². The van der Waals surface area contributed by atoms with Crippen LogP contribution < -0.4 is 0 Å². The van der Waals surface area contributed by atoms with E-state index >= 15 is 0 Å². The molecule has 2 saturated heterocycles. The molecule has 2 unspecified atom stereocenters. The Morgan fingerprint density at radius 3 is 2.00 bits per heavy atom. The van der Waals surface area contributed by atoms with Gasteiger partial charge >= 0.3 is 0 Å². The van der Waals surface area contributed by atoms with Gasteiger partial charge < -0.3 is 0 Å². The van der Waals surface area contributed by atoms with Gasteiger partial charge in [-0.1, -0.05) is 13.3 Å². The van der Waals surface area contributed by atoms with Gasteiger partial charge in [0.25, 0.3) is 0 Å². The van der Waals surface area contributed by atoms with Crippen molar-refractivity contribution in [2.75, 3.05) is 19.6 Å². The lowest BCUT2D eigenvalue weighted by Gasteiger charge is -2.46. The van der Waals surface area contributed by atoms with E-state index in [0.29, 0.717) is 0 Å². The van der Waals surface area contributed by atoms with Gasteiger partial charge in [0, 0.05) is 31.2 Å². The first-order valence-corrected chi connectivity index (χ1v) is 6.38. The monoisotopic (exact) mass is 194 g/mol. The zero-order chi connectivity index (χ0) is 9.54. The molecular weight excluding hydrogens is 172 g/mol. The van der Waals surface area contributed by atoms with E-state index in [4.69, 9.17) is 0 Å². The Labute approximate surface area is 87.3 Å². The van der Waals surface area contributed by atoms with Gasteiger partial charge in [-0.05, 0) is 32.2 Å². The molecule has 0 aromatic heterocycles. The smallest absolute Gasteiger partial charge is 0.0227 e. The third-order valence-corrected chi connectivity index (χ3v) is 4.62. The van der Waals surface area contributed by atoms with Gasteiger partial charge in [-0.25, -0.2) is 0 Å². The molecule has 2 aliphatic heterocycles. The van der Waals surface area contributed by atoms with Crippen LogP contribution in [0.4, 0.5) is 0 Å². The van der Waals surface area contributed by atoms with E-state index in [9.17, 15) is 0 Å². The fourth-order valence-electron chi connectivity index (χ4n) is 3.59. The quantitative estimate of drug-likeness (QED) is 0.660. The molecule has 0 amide bonds. The number of nitrogens with zero attached hydrogens (tertiary/aromatic N) is 2. The molecular formula is C12H22N2. The summed E-state index contributed by atoms with van der Waals surface area (Å²) in [7, 11) is 0. The van der Waals surface area contributed by atoms with E-state index in [1.165, 1.54) is 51.7 Å². The predicted octanol–water partition coefficient (Wildman–Crippen LogP) is 1.71. The van der Waals surface area contributed by atoms with Crippen LogP contribution >= 0.6 is 0 Å². The summed E-state index contributed by atoms with van der Waals surface area (Å²) in [4.78, 5) is 5.53. The van der Waals surface area contributed by atoms with Crippen LogP contribution in [0.25, 0.3) is 0 Å². The highest BCUT2D eigenvalue weighted by atomic mass is 15.3. The van der Waals surface area contributed by atoms with Crippen LogP contribution in [-0.4, -0.2) is 47.6 Å². The minimum absolute atomic E-state index is 0.902. The molecule has 2 heteroatoms. The molecule has 1 saturated carbocycles. The van der Waals surface area contributed by atoms with Crippen LogP contribution in [0.5, 0.6) is 0 Å². The Balaban J connectivity index is 1.67. The Morgan fingerprint density at radius 1 is 0.929 bits per heavy atom. The molecule has 0 spiro atoms. The summed E-state index contributed by atoms with van der Waals surface area (Å²) in [6.07, 6.45) is 7.36. The largest absolute Gasteiger partial charge is 0.297 e. The van der Waals surface area contributed by atoms with Gasteiger partial charge in [-0.15, -0.1) is 0 Å². The van der Waals surface area contributed by atoms with Crippen molar-refractivity contribution < 1.29 is 0 Å². The highest BCUT2D eigenvalue weighted by molar-refractivity contribution is 4.98. The second-order valence-electron chi connectivity index (χ2n) is 5.25. The molecule has 2 bridgehead atoms. The molecule has 0 N–H and O–H groups in total. The summed E-state index contributed by atoms with van der Waals surface area (Å²) in [5.41, 5.74) is 0. The summed E-state index contributed by atoms with van der Waals surface area (Å²) in [6, 6.07) is 2.77. The van der Waals surface area contributed by atoms with Crippen molar-refractivity contribution in [3.63, 3.8) is 0 Å².